The molecular weight excluding hydrogens is 314 g/mol. The minimum atomic E-state index is -1.08. The number of urea groups is 1. The molecule has 1 atom stereocenters. The quantitative estimate of drug-likeness (QED) is 0.564. The van der Waals surface area contributed by atoms with E-state index in [-0.39, 0.29) is 18.4 Å². The van der Waals surface area contributed by atoms with Crippen molar-refractivity contribution in [3.63, 3.8) is 0 Å². The highest BCUT2D eigenvalue weighted by Crippen LogP contribution is 2.31. The first kappa shape index (κ1) is 17.5. The van der Waals surface area contributed by atoms with E-state index in [4.69, 9.17) is 0 Å². The topological polar surface area (TPSA) is 78.5 Å². The summed E-state index contributed by atoms with van der Waals surface area (Å²) in [5, 5.41) is 7.30. The van der Waals surface area contributed by atoms with Gasteiger partial charge in [-0.25, -0.2) is 4.79 Å². The molecule has 1 aliphatic heterocycles. The van der Waals surface area contributed by atoms with E-state index in [1.807, 2.05) is 11.4 Å². The number of thiophene rings is 1. The van der Waals surface area contributed by atoms with Gasteiger partial charge in [0.1, 0.15) is 6.54 Å². The van der Waals surface area contributed by atoms with Crippen molar-refractivity contribution in [3.05, 3.63) is 22.4 Å². The van der Waals surface area contributed by atoms with Gasteiger partial charge in [-0.3, -0.25) is 14.5 Å². The van der Waals surface area contributed by atoms with Crippen molar-refractivity contribution in [1.82, 2.24) is 15.5 Å². The minimum Gasteiger partial charge on any atom is -0.355 e. The molecule has 7 heteroatoms. The van der Waals surface area contributed by atoms with Crippen LogP contribution in [0.4, 0.5) is 4.79 Å². The van der Waals surface area contributed by atoms with Gasteiger partial charge in [0.25, 0.3) is 5.91 Å². The van der Waals surface area contributed by atoms with Gasteiger partial charge in [-0.15, -0.1) is 11.3 Å². The summed E-state index contributed by atoms with van der Waals surface area (Å²) >= 11 is 1.40. The average molecular weight is 337 g/mol. The fraction of sp³-hybridized carbons (Fsp3) is 0.562. The van der Waals surface area contributed by atoms with Crippen LogP contribution in [0.5, 0.6) is 0 Å². The van der Waals surface area contributed by atoms with Crippen LogP contribution in [0.25, 0.3) is 0 Å². The molecule has 2 N–H and O–H groups in total. The van der Waals surface area contributed by atoms with Crippen molar-refractivity contribution >= 4 is 29.2 Å². The molecule has 0 bridgehead atoms. The van der Waals surface area contributed by atoms with Gasteiger partial charge >= 0.3 is 6.03 Å². The van der Waals surface area contributed by atoms with Gasteiger partial charge in [-0.05, 0) is 24.8 Å². The Morgan fingerprint density at radius 1 is 1.35 bits per heavy atom. The molecule has 1 aliphatic rings. The number of amides is 4. The summed E-state index contributed by atoms with van der Waals surface area (Å²) in [6, 6.07) is 3.11. The summed E-state index contributed by atoms with van der Waals surface area (Å²) in [6.45, 7) is 4.13. The van der Waals surface area contributed by atoms with Crippen LogP contribution in [0.1, 0.15) is 44.4 Å². The zero-order valence-corrected chi connectivity index (χ0v) is 14.4. The smallest absolute Gasteiger partial charge is 0.325 e. The molecule has 2 rings (SSSR count). The molecular formula is C16H23N3O3S. The lowest BCUT2D eigenvalue weighted by molar-refractivity contribution is -0.134. The van der Waals surface area contributed by atoms with Crippen molar-refractivity contribution in [2.45, 2.75) is 45.1 Å². The van der Waals surface area contributed by atoms with Crippen LogP contribution in [0.15, 0.2) is 17.5 Å². The number of hydrogen-bond acceptors (Lipinski definition) is 4. The Morgan fingerprint density at radius 3 is 2.78 bits per heavy atom. The average Bonchev–Trinajstić information content (AvgIpc) is 3.12. The number of unbranched alkanes of at least 4 members (excludes halogenated alkanes) is 3. The third-order valence-electron chi connectivity index (χ3n) is 3.94. The summed E-state index contributed by atoms with van der Waals surface area (Å²) in [6.07, 6.45) is 4.25. The van der Waals surface area contributed by atoms with Crippen molar-refractivity contribution in [2.75, 3.05) is 13.1 Å². The van der Waals surface area contributed by atoms with Crippen LogP contribution in [0.3, 0.4) is 0 Å². The number of nitrogens with zero attached hydrogens (tertiary/aromatic N) is 1. The summed E-state index contributed by atoms with van der Waals surface area (Å²) in [5.41, 5.74) is -1.08. The normalized spacial score (nSPS) is 20.7. The Balaban J connectivity index is 1.89. The highest BCUT2D eigenvalue weighted by atomic mass is 32.1. The van der Waals surface area contributed by atoms with Gasteiger partial charge in [-0.2, -0.15) is 0 Å². The lowest BCUT2D eigenvalue weighted by atomic mass is 10.0. The minimum absolute atomic E-state index is 0.237. The molecule has 23 heavy (non-hydrogen) atoms. The zero-order chi connectivity index (χ0) is 16.9. The highest BCUT2D eigenvalue weighted by molar-refractivity contribution is 7.10. The van der Waals surface area contributed by atoms with Gasteiger partial charge in [-0.1, -0.05) is 32.3 Å². The third-order valence-corrected chi connectivity index (χ3v) is 5.03. The first-order valence-corrected chi connectivity index (χ1v) is 8.81. The van der Waals surface area contributed by atoms with Crippen LogP contribution in [0, 0.1) is 0 Å². The second-order valence-electron chi connectivity index (χ2n) is 5.83. The van der Waals surface area contributed by atoms with E-state index >= 15 is 0 Å². The first-order valence-electron chi connectivity index (χ1n) is 7.94. The molecule has 0 radical (unpaired) electrons. The molecule has 1 aromatic rings. The summed E-state index contributed by atoms with van der Waals surface area (Å²) in [5.74, 6) is -0.688. The van der Waals surface area contributed by atoms with E-state index in [0.29, 0.717) is 6.54 Å². The summed E-state index contributed by atoms with van der Waals surface area (Å²) < 4.78 is 0. The van der Waals surface area contributed by atoms with Gasteiger partial charge < -0.3 is 10.6 Å². The second kappa shape index (κ2) is 7.59. The highest BCUT2D eigenvalue weighted by Gasteiger charge is 2.50. The van der Waals surface area contributed by atoms with Gasteiger partial charge in [0.2, 0.25) is 5.91 Å². The fourth-order valence-electron chi connectivity index (χ4n) is 2.55. The molecule has 1 saturated heterocycles. The van der Waals surface area contributed by atoms with E-state index in [1.54, 1.807) is 13.0 Å². The predicted octanol–water partition coefficient (Wildman–Crippen LogP) is 2.21. The van der Waals surface area contributed by atoms with Crippen molar-refractivity contribution in [2.24, 2.45) is 0 Å². The molecule has 1 fully saturated rings. The Morgan fingerprint density at radius 2 is 2.13 bits per heavy atom. The number of carbonyl (C=O) groups excluding carboxylic acids is 3. The van der Waals surface area contributed by atoms with Crippen LogP contribution >= 0.6 is 11.3 Å². The Labute approximate surface area is 140 Å². The molecule has 1 unspecified atom stereocenters. The predicted molar refractivity (Wildman–Crippen MR) is 89.1 cm³/mol. The third kappa shape index (κ3) is 3.90. The lowest BCUT2D eigenvalue weighted by Crippen LogP contribution is -2.43. The second-order valence-corrected chi connectivity index (χ2v) is 6.78. The van der Waals surface area contributed by atoms with Crippen LogP contribution < -0.4 is 10.6 Å². The Kier molecular flexibility index (Phi) is 5.76. The van der Waals surface area contributed by atoms with Crippen LogP contribution in [0.2, 0.25) is 0 Å². The zero-order valence-electron chi connectivity index (χ0n) is 13.6. The summed E-state index contributed by atoms with van der Waals surface area (Å²) in [4.78, 5) is 38.3. The number of hydrogen-bond donors (Lipinski definition) is 2. The molecule has 126 valence electrons. The maximum absolute atomic E-state index is 12.6. The number of rotatable bonds is 8. The Bertz CT molecular complexity index is 573. The van der Waals surface area contributed by atoms with Crippen molar-refractivity contribution in [3.8, 4) is 0 Å². The van der Waals surface area contributed by atoms with E-state index in [0.717, 1.165) is 35.5 Å². The molecule has 0 aromatic carbocycles. The van der Waals surface area contributed by atoms with E-state index in [9.17, 15) is 14.4 Å². The van der Waals surface area contributed by atoms with Gasteiger partial charge in [0, 0.05) is 11.4 Å². The fourth-order valence-corrected chi connectivity index (χ4v) is 3.38. The molecule has 4 amide bonds. The largest absolute Gasteiger partial charge is 0.355 e. The first-order chi connectivity index (χ1) is 11.0. The van der Waals surface area contributed by atoms with Crippen molar-refractivity contribution in [1.29, 1.82) is 0 Å². The van der Waals surface area contributed by atoms with E-state index in [2.05, 4.69) is 17.6 Å². The van der Waals surface area contributed by atoms with Crippen LogP contribution in [-0.4, -0.2) is 35.8 Å². The van der Waals surface area contributed by atoms with Crippen LogP contribution in [-0.2, 0) is 15.1 Å². The van der Waals surface area contributed by atoms with Gasteiger partial charge in [0.15, 0.2) is 5.54 Å². The molecule has 2 heterocycles. The molecule has 1 aromatic heterocycles. The van der Waals surface area contributed by atoms with Crippen molar-refractivity contribution < 1.29 is 14.4 Å². The van der Waals surface area contributed by atoms with E-state index < -0.39 is 11.6 Å². The Hall–Kier alpha value is -1.89. The molecule has 0 aliphatic carbocycles. The number of carbonyl (C=O) groups is 3. The maximum atomic E-state index is 12.6. The molecule has 6 nitrogen and oxygen atoms in total. The lowest BCUT2D eigenvalue weighted by Gasteiger charge is -2.19. The van der Waals surface area contributed by atoms with E-state index in [1.165, 1.54) is 11.3 Å². The number of imide groups is 1. The molecule has 0 saturated carbocycles. The SMILES string of the molecule is CCCCCCNC(=O)CN1C(=O)NC(C)(c2cccs2)C1=O. The summed E-state index contributed by atoms with van der Waals surface area (Å²) in [7, 11) is 0. The monoisotopic (exact) mass is 337 g/mol. The van der Waals surface area contributed by atoms with Gasteiger partial charge in [0.05, 0.1) is 0 Å². The molecule has 0 spiro atoms. The maximum Gasteiger partial charge on any atom is 0.325 e. The standard InChI is InChI=1S/C16H23N3O3S/c1-3-4-5-6-9-17-13(20)11-19-14(21)16(2,18-15(19)22)12-8-7-10-23-12/h7-8,10H,3-6,9,11H2,1-2H3,(H,17,20)(H,18,22). The number of nitrogens with one attached hydrogen (secondary N) is 2.